The predicted octanol–water partition coefficient (Wildman–Crippen LogP) is 0.438. The monoisotopic (exact) mass is 289 g/mol. The molecule has 1 aromatic carbocycles. The molecule has 1 aromatic rings. The van der Waals surface area contributed by atoms with Crippen LogP contribution in [0.15, 0.2) is 24.3 Å². The number of rotatable bonds is 5. The van der Waals surface area contributed by atoms with Crippen molar-refractivity contribution in [2.75, 3.05) is 4.31 Å². The molecule has 0 aliphatic carbocycles. The fourth-order valence-electron chi connectivity index (χ4n) is 1.63. The molecule has 3 N–H and O–H groups in total. The maximum absolute atomic E-state index is 11.4. The van der Waals surface area contributed by atoms with Gasteiger partial charge < -0.3 is 10.2 Å². The second-order valence-electron chi connectivity index (χ2n) is 4.13. The molecular formula is C11H15NO6S. The molecule has 1 rings (SSSR count). The molecule has 0 radical (unpaired) electrons. The largest absolute Gasteiger partial charge is 0.480 e. The smallest absolute Gasteiger partial charge is 0.360 e. The van der Waals surface area contributed by atoms with Crippen LogP contribution in [0.3, 0.4) is 0 Å². The molecule has 0 bridgehead atoms. The summed E-state index contributed by atoms with van der Waals surface area (Å²) in [5.74, 6) is -1.56. The number of nitrogens with zero attached hydrogens (tertiary/aromatic N) is 1. The normalized spacial score (nSPS) is 14.7. The number of carboxylic acid groups (broad SMARTS) is 1. The molecule has 0 aliphatic rings. The van der Waals surface area contributed by atoms with E-state index in [0.29, 0.717) is 0 Å². The highest BCUT2D eigenvalue weighted by atomic mass is 32.2. The first kappa shape index (κ1) is 15.4. The van der Waals surface area contributed by atoms with Crippen LogP contribution in [-0.2, 0) is 15.1 Å². The average Bonchev–Trinajstić information content (AvgIpc) is 2.24. The van der Waals surface area contributed by atoms with Crippen molar-refractivity contribution in [1.29, 1.82) is 0 Å². The van der Waals surface area contributed by atoms with Gasteiger partial charge in [-0.1, -0.05) is 17.7 Å². The first-order valence-electron chi connectivity index (χ1n) is 5.39. The van der Waals surface area contributed by atoms with Crippen LogP contribution in [0.4, 0.5) is 5.69 Å². The minimum atomic E-state index is -4.83. The van der Waals surface area contributed by atoms with Gasteiger partial charge in [0.15, 0.2) is 6.04 Å². The second-order valence-corrected chi connectivity index (χ2v) is 5.42. The topological polar surface area (TPSA) is 115 Å². The van der Waals surface area contributed by atoms with Gasteiger partial charge in [-0.2, -0.15) is 8.42 Å². The fourth-order valence-corrected chi connectivity index (χ4v) is 2.57. The van der Waals surface area contributed by atoms with E-state index in [-0.39, 0.29) is 9.99 Å². The van der Waals surface area contributed by atoms with Crippen molar-refractivity contribution in [3.8, 4) is 0 Å². The summed E-state index contributed by atoms with van der Waals surface area (Å²) >= 11 is 0. The molecule has 0 aromatic heterocycles. The molecule has 106 valence electrons. The van der Waals surface area contributed by atoms with Crippen LogP contribution in [0.1, 0.15) is 12.5 Å². The Balaban J connectivity index is 3.37. The highest BCUT2D eigenvalue weighted by Gasteiger charge is 2.37. The van der Waals surface area contributed by atoms with E-state index >= 15 is 0 Å². The van der Waals surface area contributed by atoms with Crippen molar-refractivity contribution in [1.82, 2.24) is 0 Å². The molecule has 0 saturated carbocycles. The summed E-state index contributed by atoms with van der Waals surface area (Å²) in [4.78, 5) is 11.1. The summed E-state index contributed by atoms with van der Waals surface area (Å²) in [7, 11) is -4.83. The molecular weight excluding hydrogens is 274 g/mol. The van der Waals surface area contributed by atoms with E-state index in [1.165, 1.54) is 12.1 Å². The van der Waals surface area contributed by atoms with Gasteiger partial charge in [-0.15, -0.1) is 0 Å². The number of aliphatic carboxylic acids is 1. The van der Waals surface area contributed by atoms with Crippen LogP contribution in [0.2, 0.25) is 0 Å². The number of anilines is 1. The summed E-state index contributed by atoms with van der Waals surface area (Å²) < 4.78 is 32.2. The standard InChI is InChI=1S/C11H15NO6S/c1-7-3-5-9(6-4-7)12(19(16,17)18)10(8(2)13)11(14)15/h3-6,8,10,13H,1-2H3,(H,14,15)(H,16,17,18)/t8-,10+/m1/s1. The van der Waals surface area contributed by atoms with Crippen molar-refractivity contribution in [2.45, 2.75) is 26.0 Å². The van der Waals surface area contributed by atoms with E-state index in [9.17, 15) is 22.9 Å². The second kappa shape index (κ2) is 5.55. The molecule has 19 heavy (non-hydrogen) atoms. The minimum absolute atomic E-state index is 0.0404. The number of aryl methyl sites for hydroxylation is 1. The van der Waals surface area contributed by atoms with Gasteiger partial charge in [0, 0.05) is 0 Å². The Morgan fingerprint density at radius 1 is 1.26 bits per heavy atom. The lowest BCUT2D eigenvalue weighted by Crippen LogP contribution is -2.51. The van der Waals surface area contributed by atoms with Crippen molar-refractivity contribution in [2.24, 2.45) is 0 Å². The number of carboxylic acids is 1. The number of benzene rings is 1. The molecule has 0 amide bonds. The van der Waals surface area contributed by atoms with E-state index in [0.717, 1.165) is 12.5 Å². The van der Waals surface area contributed by atoms with E-state index in [1.54, 1.807) is 19.1 Å². The number of carbonyl (C=O) groups is 1. The van der Waals surface area contributed by atoms with Crippen molar-refractivity contribution >= 4 is 22.0 Å². The molecule has 0 spiro atoms. The van der Waals surface area contributed by atoms with Gasteiger partial charge in [0.1, 0.15) is 0 Å². The third kappa shape index (κ3) is 3.66. The van der Waals surface area contributed by atoms with E-state index < -0.39 is 28.4 Å². The Bertz CT molecular complexity index is 551. The van der Waals surface area contributed by atoms with E-state index in [1.807, 2.05) is 0 Å². The SMILES string of the molecule is Cc1ccc(N([C@H](C(=O)O)[C@@H](C)O)S(=O)(=O)O)cc1. The lowest BCUT2D eigenvalue weighted by molar-refractivity contribution is -0.140. The average molecular weight is 289 g/mol. The van der Waals surface area contributed by atoms with Gasteiger partial charge in [-0.05, 0) is 26.0 Å². The van der Waals surface area contributed by atoms with Crippen molar-refractivity contribution < 1.29 is 28.0 Å². The molecule has 0 saturated heterocycles. The van der Waals surface area contributed by atoms with Crippen LogP contribution < -0.4 is 4.31 Å². The fraction of sp³-hybridized carbons (Fsp3) is 0.364. The maximum atomic E-state index is 11.4. The van der Waals surface area contributed by atoms with Gasteiger partial charge in [0.05, 0.1) is 11.8 Å². The first-order chi connectivity index (χ1) is 8.64. The van der Waals surface area contributed by atoms with Gasteiger partial charge in [0.25, 0.3) is 0 Å². The first-order valence-corrected chi connectivity index (χ1v) is 6.78. The Morgan fingerprint density at radius 3 is 2.05 bits per heavy atom. The van der Waals surface area contributed by atoms with Crippen LogP contribution in [-0.4, -0.2) is 41.3 Å². The van der Waals surface area contributed by atoms with Crippen molar-refractivity contribution in [3.63, 3.8) is 0 Å². The van der Waals surface area contributed by atoms with Crippen LogP contribution in [0.5, 0.6) is 0 Å². The Labute approximate surface area is 111 Å². The Morgan fingerprint density at radius 2 is 1.74 bits per heavy atom. The predicted molar refractivity (Wildman–Crippen MR) is 68.3 cm³/mol. The highest BCUT2D eigenvalue weighted by molar-refractivity contribution is 7.87. The molecule has 0 fully saturated rings. The third-order valence-electron chi connectivity index (χ3n) is 2.50. The lowest BCUT2D eigenvalue weighted by Gasteiger charge is -2.29. The third-order valence-corrected chi connectivity index (χ3v) is 3.43. The summed E-state index contributed by atoms with van der Waals surface area (Å²) in [6.45, 7) is 2.90. The Kier molecular flexibility index (Phi) is 4.51. The molecule has 0 heterocycles. The highest BCUT2D eigenvalue weighted by Crippen LogP contribution is 2.22. The minimum Gasteiger partial charge on any atom is -0.480 e. The molecule has 2 atom stereocenters. The molecule has 8 heteroatoms. The van der Waals surface area contributed by atoms with Gasteiger partial charge in [0.2, 0.25) is 0 Å². The quantitative estimate of drug-likeness (QED) is 0.677. The van der Waals surface area contributed by atoms with Crippen LogP contribution in [0, 0.1) is 6.92 Å². The lowest BCUT2D eigenvalue weighted by atomic mass is 10.1. The summed E-state index contributed by atoms with van der Waals surface area (Å²) in [6.07, 6.45) is -1.50. The van der Waals surface area contributed by atoms with Gasteiger partial charge in [-0.3, -0.25) is 4.55 Å². The van der Waals surface area contributed by atoms with E-state index in [4.69, 9.17) is 5.11 Å². The maximum Gasteiger partial charge on any atom is 0.360 e. The number of hydrogen-bond acceptors (Lipinski definition) is 4. The molecule has 0 aliphatic heterocycles. The van der Waals surface area contributed by atoms with Crippen LogP contribution in [0.25, 0.3) is 0 Å². The van der Waals surface area contributed by atoms with Gasteiger partial charge >= 0.3 is 16.3 Å². The number of aliphatic hydroxyl groups excluding tert-OH is 1. The molecule has 7 nitrogen and oxygen atoms in total. The van der Waals surface area contributed by atoms with E-state index in [2.05, 4.69) is 0 Å². The zero-order valence-electron chi connectivity index (χ0n) is 10.4. The number of hydrogen-bond donors (Lipinski definition) is 3. The van der Waals surface area contributed by atoms with Crippen molar-refractivity contribution in [3.05, 3.63) is 29.8 Å². The summed E-state index contributed by atoms with van der Waals surface area (Å²) in [5.41, 5.74) is 0.796. The molecule has 0 unspecified atom stereocenters. The summed E-state index contributed by atoms with van der Waals surface area (Å²) in [6, 6.07) is 4.02. The summed E-state index contributed by atoms with van der Waals surface area (Å²) in [5, 5.41) is 18.5. The zero-order valence-corrected chi connectivity index (χ0v) is 11.2. The van der Waals surface area contributed by atoms with Crippen LogP contribution >= 0.6 is 0 Å². The Hall–Kier alpha value is -1.64. The number of aliphatic hydroxyl groups is 1. The van der Waals surface area contributed by atoms with Gasteiger partial charge in [-0.25, -0.2) is 9.10 Å². The zero-order chi connectivity index (χ0) is 14.8.